The summed E-state index contributed by atoms with van der Waals surface area (Å²) in [6.45, 7) is 2.83. The fourth-order valence-corrected chi connectivity index (χ4v) is 1.42. The molecule has 3 N–H and O–H groups in total. The van der Waals surface area contributed by atoms with Crippen molar-refractivity contribution in [1.82, 2.24) is 5.32 Å². The average Bonchev–Trinajstić information content (AvgIpc) is 2.35. The zero-order valence-corrected chi connectivity index (χ0v) is 10.1. The van der Waals surface area contributed by atoms with Gasteiger partial charge in [-0.15, -0.1) is 0 Å². The third kappa shape index (κ3) is 4.95. The Hall–Kier alpha value is -1.42. The van der Waals surface area contributed by atoms with Crippen LogP contribution in [0.15, 0.2) is 24.3 Å². The van der Waals surface area contributed by atoms with Gasteiger partial charge in [0.1, 0.15) is 5.82 Å². The first kappa shape index (κ1) is 13.6. The Bertz CT molecular complexity index is 368. The monoisotopic (exact) mass is 238 g/mol. The highest BCUT2D eigenvalue weighted by atomic mass is 19.1. The standard InChI is InChI=1S/C13H19FN2O/c1-10(8-15)6-7-13(17)16-9-11-4-2-3-5-12(11)14/h2-5,10H,6-9,15H2,1H3,(H,16,17). The van der Waals surface area contributed by atoms with Crippen LogP contribution in [0.5, 0.6) is 0 Å². The first-order valence-electron chi connectivity index (χ1n) is 5.83. The van der Waals surface area contributed by atoms with Crippen molar-refractivity contribution in [2.24, 2.45) is 11.7 Å². The van der Waals surface area contributed by atoms with Crippen LogP contribution in [0.2, 0.25) is 0 Å². The van der Waals surface area contributed by atoms with Crippen molar-refractivity contribution in [3.8, 4) is 0 Å². The molecule has 1 aromatic carbocycles. The van der Waals surface area contributed by atoms with Gasteiger partial charge < -0.3 is 11.1 Å². The maximum Gasteiger partial charge on any atom is 0.220 e. The average molecular weight is 238 g/mol. The topological polar surface area (TPSA) is 55.1 Å². The summed E-state index contributed by atoms with van der Waals surface area (Å²) in [5.74, 6) is -0.00843. The van der Waals surface area contributed by atoms with Gasteiger partial charge in [0.15, 0.2) is 0 Å². The van der Waals surface area contributed by atoms with Gasteiger partial charge in [0.25, 0.3) is 0 Å². The summed E-state index contributed by atoms with van der Waals surface area (Å²) in [6.07, 6.45) is 1.20. The van der Waals surface area contributed by atoms with Crippen molar-refractivity contribution < 1.29 is 9.18 Å². The number of hydrogen-bond donors (Lipinski definition) is 2. The third-order valence-corrected chi connectivity index (χ3v) is 2.70. The van der Waals surface area contributed by atoms with E-state index in [9.17, 15) is 9.18 Å². The summed E-state index contributed by atoms with van der Waals surface area (Å²) < 4.78 is 13.2. The lowest BCUT2D eigenvalue weighted by Crippen LogP contribution is -2.24. The maximum atomic E-state index is 13.2. The highest BCUT2D eigenvalue weighted by Gasteiger charge is 2.06. The number of carbonyl (C=O) groups excluding carboxylic acids is 1. The molecule has 1 unspecified atom stereocenters. The van der Waals surface area contributed by atoms with Crippen molar-refractivity contribution in [2.45, 2.75) is 26.3 Å². The lowest BCUT2D eigenvalue weighted by molar-refractivity contribution is -0.121. The van der Waals surface area contributed by atoms with Crippen LogP contribution in [0.25, 0.3) is 0 Å². The molecule has 0 saturated carbocycles. The summed E-state index contributed by atoms with van der Waals surface area (Å²) in [5, 5.41) is 2.70. The van der Waals surface area contributed by atoms with Crippen LogP contribution in [0.3, 0.4) is 0 Å². The second-order valence-electron chi connectivity index (χ2n) is 4.25. The molecule has 0 aliphatic carbocycles. The first-order chi connectivity index (χ1) is 8.13. The molecular weight excluding hydrogens is 219 g/mol. The molecule has 0 fully saturated rings. The second-order valence-corrected chi connectivity index (χ2v) is 4.25. The van der Waals surface area contributed by atoms with E-state index in [1.165, 1.54) is 6.07 Å². The van der Waals surface area contributed by atoms with E-state index in [1.807, 2.05) is 6.92 Å². The Labute approximate surface area is 101 Å². The number of rotatable bonds is 6. The molecule has 94 valence electrons. The van der Waals surface area contributed by atoms with Crippen LogP contribution in [0, 0.1) is 11.7 Å². The maximum absolute atomic E-state index is 13.2. The van der Waals surface area contributed by atoms with E-state index in [-0.39, 0.29) is 18.3 Å². The molecule has 4 heteroatoms. The molecule has 1 aromatic rings. The summed E-state index contributed by atoms with van der Waals surface area (Å²) in [6, 6.07) is 6.43. The van der Waals surface area contributed by atoms with E-state index < -0.39 is 0 Å². The lowest BCUT2D eigenvalue weighted by Gasteiger charge is -2.09. The third-order valence-electron chi connectivity index (χ3n) is 2.70. The predicted molar refractivity (Wildman–Crippen MR) is 65.7 cm³/mol. The number of halogens is 1. The Morgan fingerprint density at radius 3 is 2.82 bits per heavy atom. The zero-order valence-electron chi connectivity index (χ0n) is 10.1. The van der Waals surface area contributed by atoms with Crippen molar-refractivity contribution in [3.05, 3.63) is 35.6 Å². The van der Waals surface area contributed by atoms with Crippen LogP contribution in [0.4, 0.5) is 4.39 Å². The van der Waals surface area contributed by atoms with Gasteiger partial charge in [-0.05, 0) is 24.9 Å². The van der Waals surface area contributed by atoms with Gasteiger partial charge in [-0.1, -0.05) is 25.1 Å². The highest BCUT2D eigenvalue weighted by Crippen LogP contribution is 2.06. The van der Waals surface area contributed by atoms with Gasteiger partial charge in [-0.2, -0.15) is 0 Å². The minimum absolute atomic E-state index is 0.0615. The molecule has 0 saturated heterocycles. The van der Waals surface area contributed by atoms with Crippen molar-refractivity contribution in [1.29, 1.82) is 0 Å². The number of nitrogens with one attached hydrogen (secondary N) is 1. The molecule has 0 aliphatic rings. The second kappa shape index (κ2) is 7.01. The van der Waals surface area contributed by atoms with Gasteiger partial charge in [-0.3, -0.25) is 4.79 Å². The van der Waals surface area contributed by atoms with E-state index in [2.05, 4.69) is 5.32 Å². The molecule has 0 aromatic heterocycles. The molecule has 0 heterocycles. The van der Waals surface area contributed by atoms with Crippen LogP contribution < -0.4 is 11.1 Å². The number of hydrogen-bond acceptors (Lipinski definition) is 2. The molecule has 0 bridgehead atoms. The molecule has 17 heavy (non-hydrogen) atoms. The van der Waals surface area contributed by atoms with Crippen molar-refractivity contribution in [3.63, 3.8) is 0 Å². The van der Waals surface area contributed by atoms with Gasteiger partial charge in [0.05, 0.1) is 0 Å². The molecule has 1 amide bonds. The SMILES string of the molecule is CC(CN)CCC(=O)NCc1ccccc1F. The van der Waals surface area contributed by atoms with Crippen LogP contribution >= 0.6 is 0 Å². The van der Waals surface area contributed by atoms with E-state index in [0.717, 1.165) is 6.42 Å². The summed E-state index contributed by atoms with van der Waals surface area (Å²) in [5.41, 5.74) is 5.97. The minimum Gasteiger partial charge on any atom is -0.352 e. The number of nitrogens with two attached hydrogens (primary N) is 1. The van der Waals surface area contributed by atoms with Gasteiger partial charge in [0, 0.05) is 18.5 Å². The Kier molecular flexibility index (Phi) is 5.63. The molecule has 3 nitrogen and oxygen atoms in total. The molecule has 1 atom stereocenters. The number of amides is 1. The van der Waals surface area contributed by atoms with E-state index >= 15 is 0 Å². The molecule has 1 rings (SSSR count). The quantitative estimate of drug-likeness (QED) is 0.794. The fourth-order valence-electron chi connectivity index (χ4n) is 1.42. The summed E-state index contributed by atoms with van der Waals surface area (Å²) >= 11 is 0. The molecule has 0 radical (unpaired) electrons. The van der Waals surface area contributed by atoms with Crippen LogP contribution in [0.1, 0.15) is 25.3 Å². The fraction of sp³-hybridized carbons (Fsp3) is 0.462. The minimum atomic E-state index is -0.289. The van der Waals surface area contributed by atoms with Gasteiger partial charge in [-0.25, -0.2) is 4.39 Å². The summed E-state index contributed by atoms with van der Waals surface area (Å²) in [7, 11) is 0. The molecular formula is C13H19FN2O. The highest BCUT2D eigenvalue weighted by molar-refractivity contribution is 5.75. The van der Waals surface area contributed by atoms with Crippen molar-refractivity contribution in [2.75, 3.05) is 6.54 Å². The normalized spacial score (nSPS) is 12.2. The number of benzene rings is 1. The lowest BCUT2D eigenvalue weighted by atomic mass is 10.1. The zero-order chi connectivity index (χ0) is 12.7. The van der Waals surface area contributed by atoms with E-state index in [1.54, 1.807) is 18.2 Å². The Morgan fingerprint density at radius 2 is 2.18 bits per heavy atom. The number of carbonyl (C=O) groups is 1. The van der Waals surface area contributed by atoms with Crippen LogP contribution in [-0.4, -0.2) is 12.5 Å². The van der Waals surface area contributed by atoms with Crippen LogP contribution in [-0.2, 0) is 11.3 Å². The largest absolute Gasteiger partial charge is 0.352 e. The Balaban J connectivity index is 2.31. The van der Waals surface area contributed by atoms with Gasteiger partial charge in [0.2, 0.25) is 5.91 Å². The molecule has 0 spiro atoms. The molecule has 0 aliphatic heterocycles. The first-order valence-corrected chi connectivity index (χ1v) is 5.83. The smallest absolute Gasteiger partial charge is 0.220 e. The van der Waals surface area contributed by atoms with Crippen molar-refractivity contribution >= 4 is 5.91 Å². The predicted octanol–water partition coefficient (Wildman–Crippen LogP) is 1.82. The van der Waals surface area contributed by atoms with E-state index in [4.69, 9.17) is 5.73 Å². The Morgan fingerprint density at radius 1 is 1.47 bits per heavy atom. The van der Waals surface area contributed by atoms with E-state index in [0.29, 0.717) is 24.4 Å². The summed E-state index contributed by atoms with van der Waals surface area (Å²) in [4.78, 5) is 11.5. The van der Waals surface area contributed by atoms with Gasteiger partial charge >= 0.3 is 0 Å².